The molecule has 1 rings (SSSR count). The molecule has 1 N–H and O–H groups in total. The van der Waals surface area contributed by atoms with Gasteiger partial charge in [0.1, 0.15) is 5.69 Å². The number of rotatable bonds is 5. The van der Waals surface area contributed by atoms with Crippen molar-refractivity contribution >= 4 is 45.7 Å². The van der Waals surface area contributed by atoms with E-state index in [1.54, 1.807) is 18.2 Å². The van der Waals surface area contributed by atoms with Crippen LogP contribution in [0.5, 0.6) is 0 Å². The zero-order chi connectivity index (χ0) is 13.5. The summed E-state index contributed by atoms with van der Waals surface area (Å²) in [6.45, 7) is 2.01. The second-order valence-electron chi connectivity index (χ2n) is 3.52. The van der Waals surface area contributed by atoms with E-state index in [2.05, 4.69) is 5.18 Å². The number of benzene rings is 1. The quantitative estimate of drug-likeness (QED) is 0.488. The highest BCUT2D eigenvalue weighted by atomic mass is 32.2. The van der Waals surface area contributed by atoms with Crippen LogP contribution in [0.1, 0.15) is 24.5 Å². The van der Waals surface area contributed by atoms with Crippen LogP contribution in [0, 0.1) is 10.3 Å². The fraction of sp³-hybridized carbons (Fsp3) is 0.231. The van der Waals surface area contributed by atoms with Crippen molar-refractivity contribution in [3.63, 3.8) is 0 Å². The Morgan fingerprint density at radius 1 is 1.50 bits per heavy atom. The average Bonchev–Trinajstić information content (AvgIpc) is 2.43. The molecule has 0 bridgehead atoms. The van der Waals surface area contributed by atoms with Gasteiger partial charge < -0.3 is 5.41 Å². The fourth-order valence-electron chi connectivity index (χ4n) is 1.59. The lowest BCUT2D eigenvalue weighted by Gasteiger charge is -2.10. The second-order valence-corrected chi connectivity index (χ2v) is 5.01. The number of thiocarbonyl (C=S) groups is 1. The van der Waals surface area contributed by atoms with E-state index in [0.29, 0.717) is 9.88 Å². The molecule has 1 aromatic carbocycles. The molecule has 0 spiro atoms. The molecule has 0 saturated heterocycles. The van der Waals surface area contributed by atoms with Gasteiger partial charge in [-0.25, -0.2) is 0 Å². The first kappa shape index (κ1) is 14.7. The van der Waals surface area contributed by atoms with E-state index < -0.39 is 0 Å². The van der Waals surface area contributed by atoms with Crippen molar-refractivity contribution in [1.29, 1.82) is 5.41 Å². The molecule has 5 heteroatoms. The van der Waals surface area contributed by atoms with E-state index in [9.17, 15) is 4.91 Å². The number of thioether (sulfide) groups is 1. The van der Waals surface area contributed by atoms with Crippen LogP contribution in [-0.4, -0.2) is 16.7 Å². The molecular formula is C13H14N2OS2. The highest BCUT2D eigenvalue weighted by Gasteiger charge is 2.11. The van der Waals surface area contributed by atoms with Gasteiger partial charge in [0.25, 0.3) is 0 Å². The Hall–Kier alpha value is -1.33. The lowest BCUT2D eigenvalue weighted by molar-refractivity contribution is 1.23. The van der Waals surface area contributed by atoms with Gasteiger partial charge in [0, 0.05) is 11.8 Å². The Morgan fingerprint density at radius 3 is 2.72 bits per heavy atom. The van der Waals surface area contributed by atoms with Crippen LogP contribution in [0.25, 0.3) is 5.57 Å². The summed E-state index contributed by atoms with van der Waals surface area (Å²) in [7, 11) is 0. The van der Waals surface area contributed by atoms with Crippen LogP contribution < -0.4 is 0 Å². The molecule has 18 heavy (non-hydrogen) atoms. The topological polar surface area (TPSA) is 53.3 Å². The van der Waals surface area contributed by atoms with Gasteiger partial charge in [0.05, 0.1) is 4.20 Å². The summed E-state index contributed by atoms with van der Waals surface area (Å²) in [5, 5.41) is 10.4. The predicted molar refractivity (Wildman–Crippen MR) is 84.2 cm³/mol. The van der Waals surface area contributed by atoms with Gasteiger partial charge in [-0.1, -0.05) is 31.3 Å². The Labute approximate surface area is 116 Å². The van der Waals surface area contributed by atoms with Gasteiger partial charge in [-0.05, 0) is 41.1 Å². The van der Waals surface area contributed by atoms with Crippen LogP contribution in [0.15, 0.2) is 29.5 Å². The SMILES string of the molecule is CC/C=C(\C=N)c1ccc(N=O)cc1C(=S)SC. The zero-order valence-electron chi connectivity index (χ0n) is 10.3. The minimum Gasteiger partial charge on any atom is -0.308 e. The maximum atomic E-state index is 10.6. The van der Waals surface area contributed by atoms with E-state index >= 15 is 0 Å². The first-order valence-corrected chi connectivity index (χ1v) is 7.08. The highest BCUT2D eigenvalue weighted by Crippen LogP contribution is 2.27. The molecule has 0 aromatic heterocycles. The number of nitrogens with zero attached hydrogens (tertiary/aromatic N) is 1. The van der Waals surface area contributed by atoms with E-state index in [1.165, 1.54) is 18.0 Å². The number of hydrogen-bond acceptors (Lipinski definition) is 5. The molecule has 0 heterocycles. The molecule has 0 unspecified atom stereocenters. The summed E-state index contributed by atoms with van der Waals surface area (Å²) in [4.78, 5) is 10.6. The van der Waals surface area contributed by atoms with Crippen molar-refractivity contribution in [3.8, 4) is 0 Å². The second kappa shape index (κ2) is 7.18. The summed E-state index contributed by atoms with van der Waals surface area (Å²) in [6.07, 6.45) is 5.99. The molecular weight excluding hydrogens is 264 g/mol. The van der Waals surface area contributed by atoms with Gasteiger partial charge in [-0.2, -0.15) is 0 Å². The smallest absolute Gasteiger partial charge is 0.108 e. The number of nitrogens with one attached hydrogen (secondary N) is 1. The molecule has 0 atom stereocenters. The van der Waals surface area contributed by atoms with Crippen LogP contribution in [-0.2, 0) is 0 Å². The van der Waals surface area contributed by atoms with Crippen LogP contribution in [0.3, 0.4) is 0 Å². The Morgan fingerprint density at radius 2 is 2.22 bits per heavy atom. The molecule has 0 aliphatic heterocycles. The van der Waals surface area contributed by atoms with E-state index in [1.807, 2.05) is 19.3 Å². The van der Waals surface area contributed by atoms with Crippen molar-refractivity contribution in [2.75, 3.05) is 6.26 Å². The van der Waals surface area contributed by atoms with Crippen molar-refractivity contribution in [2.24, 2.45) is 5.18 Å². The molecule has 0 saturated carbocycles. The van der Waals surface area contributed by atoms with E-state index in [0.717, 1.165) is 23.1 Å². The Kier molecular flexibility index (Phi) is 5.88. The molecule has 0 aliphatic rings. The number of allylic oxidation sites excluding steroid dienone is 2. The van der Waals surface area contributed by atoms with E-state index in [4.69, 9.17) is 17.6 Å². The minimum absolute atomic E-state index is 0.353. The lowest BCUT2D eigenvalue weighted by atomic mass is 10.00. The van der Waals surface area contributed by atoms with Crippen molar-refractivity contribution < 1.29 is 0 Å². The number of nitroso groups, excluding NO2 is 1. The molecule has 0 amide bonds. The average molecular weight is 278 g/mol. The van der Waals surface area contributed by atoms with Gasteiger partial charge in [0.2, 0.25) is 0 Å². The molecule has 0 aliphatic carbocycles. The van der Waals surface area contributed by atoms with Gasteiger partial charge in [-0.3, -0.25) is 0 Å². The van der Waals surface area contributed by atoms with E-state index in [-0.39, 0.29) is 0 Å². The summed E-state index contributed by atoms with van der Waals surface area (Å²) in [6, 6.07) is 5.11. The maximum absolute atomic E-state index is 10.6. The maximum Gasteiger partial charge on any atom is 0.108 e. The largest absolute Gasteiger partial charge is 0.308 e. The van der Waals surface area contributed by atoms with Crippen molar-refractivity contribution in [2.45, 2.75) is 13.3 Å². The van der Waals surface area contributed by atoms with Gasteiger partial charge >= 0.3 is 0 Å². The highest BCUT2D eigenvalue weighted by molar-refractivity contribution is 8.23. The molecule has 94 valence electrons. The first-order chi connectivity index (χ1) is 8.67. The zero-order valence-corrected chi connectivity index (χ0v) is 11.9. The first-order valence-electron chi connectivity index (χ1n) is 5.44. The normalized spacial score (nSPS) is 11.1. The van der Waals surface area contributed by atoms with Crippen LogP contribution in [0.4, 0.5) is 5.69 Å². The van der Waals surface area contributed by atoms with Crippen molar-refractivity contribution in [1.82, 2.24) is 0 Å². The van der Waals surface area contributed by atoms with Gasteiger partial charge in [-0.15, -0.1) is 16.7 Å². The predicted octanol–water partition coefficient (Wildman–Crippen LogP) is 4.57. The third kappa shape index (κ3) is 3.34. The minimum atomic E-state index is 0.353. The number of hydrogen-bond donors (Lipinski definition) is 1. The van der Waals surface area contributed by atoms with Gasteiger partial charge in [0.15, 0.2) is 0 Å². The summed E-state index contributed by atoms with van der Waals surface area (Å²) in [5.41, 5.74) is 2.82. The van der Waals surface area contributed by atoms with Crippen molar-refractivity contribution in [3.05, 3.63) is 40.3 Å². The monoisotopic (exact) mass is 278 g/mol. The summed E-state index contributed by atoms with van der Waals surface area (Å²) in [5.74, 6) is 0. The van der Waals surface area contributed by atoms with Crippen LogP contribution >= 0.6 is 24.0 Å². The Balaban J connectivity index is 3.42. The standard InChI is InChI=1S/C13H14N2OS2/c1-3-4-9(8-14)11-6-5-10(15-16)7-12(11)13(17)18-2/h4-8,14H,3H2,1-2H3/b9-4+,14-8?. The molecule has 0 radical (unpaired) electrons. The summed E-state index contributed by atoms with van der Waals surface area (Å²) >= 11 is 6.73. The fourth-order valence-corrected chi connectivity index (χ4v) is 2.14. The van der Waals surface area contributed by atoms with Crippen LogP contribution in [0.2, 0.25) is 0 Å². The third-order valence-electron chi connectivity index (χ3n) is 2.40. The third-order valence-corrected chi connectivity index (χ3v) is 3.72. The Bertz CT molecular complexity index is 510. The molecule has 0 fully saturated rings. The molecule has 3 nitrogen and oxygen atoms in total. The lowest BCUT2D eigenvalue weighted by Crippen LogP contribution is -1.99. The molecule has 1 aromatic rings. The summed E-state index contributed by atoms with van der Waals surface area (Å²) < 4.78 is 0.694.